The van der Waals surface area contributed by atoms with E-state index < -0.39 is 16.7 Å². The molecule has 0 unspecified atom stereocenters. The Bertz CT molecular complexity index is 911. The van der Waals surface area contributed by atoms with Crippen molar-refractivity contribution in [1.29, 1.82) is 0 Å². The number of rotatable bonds is 8. The van der Waals surface area contributed by atoms with Crippen LogP contribution in [-0.4, -0.2) is 36.1 Å². The number of carbonyl (C=O) groups excluding carboxylic acids is 2. The first-order chi connectivity index (χ1) is 13.4. The molecular weight excluding hydrogens is 364 g/mol. The zero-order valence-electron chi connectivity index (χ0n) is 15.5. The molecule has 0 atom stereocenters. The predicted molar refractivity (Wildman–Crippen MR) is 104 cm³/mol. The summed E-state index contributed by atoms with van der Waals surface area (Å²) < 4.78 is 5.45. The molecule has 0 aliphatic heterocycles. The van der Waals surface area contributed by atoms with Crippen molar-refractivity contribution < 1.29 is 19.2 Å². The van der Waals surface area contributed by atoms with E-state index >= 15 is 0 Å². The van der Waals surface area contributed by atoms with E-state index in [1.54, 1.807) is 19.1 Å². The third kappa shape index (κ3) is 5.63. The van der Waals surface area contributed by atoms with E-state index in [0.29, 0.717) is 23.5 Å². The molecule has 0 aromatic heterocycles. The van der Waals surface area contributed by atoms with Gasteiger partial charge in [0.05, 0.1) is 24.3 Å². The summed E-state index contributed by atoms with van der Waals surface area (Å²) in [5.74, 6) is -0.499. The lowest BCUT2D eigenvalue weighted by Gasteiger charge is -2.06. The maximum Gasteiger partial charge on any atom is 0.273 e. The minimum Gasteiger partial charge on any atom is -0.493 e. The van der Waals surface area contributed by atoms with Crippen LogP contribution in [-0.2, 0) is 4.79 Å². The highest BCUT2D eigenvalue weighted by Gasteiger charge is 2.15. The molecule has 2 aromatic rings. The lowest BCUT2D eigenvalue weighted by Crippen LogP contribution is -2.34. The summed E-state index contributed by atoms with van der Waals surface area (Å²) in [6.07, 6.45) is 1.44. The molecule has 0 spiro atoms. The molecule has 2 N–H and O–H groups in total. The normalized spacial score (nSPS) is 10.5. The Kier molecular flexibility index (Phi) is 7.21. The Morgan fingerprint density at radius 1 is 1.25 bits per heavy atom. The summed E-state index contributed by atoms with van der Waals surface area (Å²) in [6, 6.07) is 11.3. The maximum atomic E-state index is 12.1. The van der Waals surface area contributed by atoms with Crippen LogP contribution in [0.4, 0.5) is 5.69 Å². The predicted octanol–water partition coefficient (Wildman–Crippen LogP) is 2.18. The SMILES string of the molecule is CCOc1ccccc1/C=N/NC(=O)CNC(=O)c1ccc(C)c([N+](=O)[O-])c1. The smallest absolute Gasteiger partial charge is 0.273 e. The van der Waals surface area contributed by atoms with E-state index in [1.807, 2.05) is 19.1 Å². The quantitative estimate of drug-likeness (QED) is 0.410. The van der Waals surface area contributed by atoms with Gasteiger partial charge in [0.25, 0.3) is 17.5 Å². The number of nitrogens with zero attached hydrogens (tertiary/aromatic N) is 2. The molecule has 2 rings (SSSR count). The monoisotopic (exact) mass is 384 g/mol. The Morgan fingerprint density at radius 2 is 2.00 bits per heavy atom. The summed E-state index contributed by atoms with van der Waals surface area (Å²) >= 11 is 0. The van der Waals surface area contributed by atoms with Crippen LogP contribution in [0.3, 0.4) is 0 Å². The molecule has 28 heavy (non-hydrogen) atoms. The minimum absolute atomic E-state index is 0.0965. The molecule has 0 bridgehead atoms. The second-order valence-electron chi connectivity index (χ2n) is 5.71. The topological polar surface area (TPSA) is 123 Å². The number of nitro groups is 1. The molecule has 0 heterocycles. The number of para-hydroxylation sites is 1. The number of hydrazone groups is 1. The molecule has 0 saturated carbocycles. The Hall–Kier alpha value is -3.75. The number of hydrogen-bond donors (Lipinski definition) is 2. The van der Waals surface area contributed by atoms with Gasteiger partial charge in [0.1, 0.15) is 5.75 Å². The largest absolute Gasteiger partial charge is 0.493 e. The number of amides is 2. The first-order valence-electron chi connectivity index (χ1n) is 8.49. The number of nitro benzene ring substituents is 1. The van der Waals surface area contributed by atoms with Crippen molar-refractivity contribution in [2.24, 2.45) is 5.10 Å². The van der Waals surface area contributed by atoms with Gasteiger partial charge in [-0.1, -0.05) is 18.2 Å². The number of benzene rings is 2. The van der Waals surface area contributed by atoms with Gasteiger partial charge in [0.15, 0.2) is 0 Å². The van der Waals surface area contributed by atoms with Crippen LogP contribution in [0.2, 0.25) is 0 Å². The summed E-state index contributed by atoms with van der Waals surface area (Å²) in [4.78, 5) is 34.3. The van der Waals surface area contributed by atoms with Gasteiger partial charge in [0, 0.05) is 22.8 Å². The summed E-state index contributed by atoms with van der Waals surface area (Å²) in [6.45, 7) is 3.61. The van der Waals surface area contributed by atoms with E-state index in [0.717, 1.165) is 0 Å². The molecule has 0 aliphatic rings. The fraction of sp³-hybridized carbons (Fsp3) is 0.211. The van der Waals surface area contributed by atoms with Gasteiger partial charge in [0.2, 0.25) is 0 Å². The zero-order valence-corrected chi connectivity index (χ0v) is 15.5. The molecular formula is C19H20N4O5. The summed E-state index contributed by atoms with van der Waals surface area (Å²) in [5.41, 5.74) is 3.38. The lowest BCUT2D eigenvalue weighted by molar-refractivity contribution is -0.385. The van der Waals surface area contributed by atoms with E-state index in [-0.39, 0.29) is 17.8 Å². The summed E-state index contributed by atoms with van der Waals surface area (Å²) in [7, 11) is 0. The number of ether oxygens (including phenoxy) is 1. The molecule has 146 valence electrons. The highest BCUT2D eigenvalue weighted by Crippen LogP contribution is 2.19. The second kappa shape index (κ2) is 9.81. The van der Waals surface area contributed by atoms with Crippen molar-refractivity contribution in [3.8, 4) is 5.75 Å². The van der Waals surface area contributed by atoms with E-state index in [4.69, 9.17) is 4.74 Å². The molecule has 0 saturated heterocycles. The minimum atomic E-state index is -0.594. The highest BCUT2D eigenvalue weighted by molar-refractivity contribution is 5.97. The third-order valence-corrected chi connectivity index (χ3v) is 3.69. The van der Waals surface area contributed by atoms with Crippen LogP contribution in [0.1, 0.15) is 28.4 Å². The van der Waals surface area contributed by atoms with Crippen molar-refractivity contribution in [2.45, 2.75) is 13.8 Å². The molecule has 9 heteroatoms. The van der Waals surface area contributed by atoms with Crippen LogP contribution in [0.25, 0.3) is 0 Å². The summed E-state index contributed by atoms with van der Waals surface area (Å²) in [5, 5.41) is 17.2. The number of nitrogens with one attached hydrogen (secondary N) is 2. The Labute approximate surface area is 161 Å². The number of aryl methyl sites for hydroxylation is 1. The average Bonchev–Trinajstić information content (AvgIpc) is 2.67. The van der Waals surface area contributed by atoms with Crippen molar-refractivity contribution in [3.63, 3.8) is 0 Å². The maximum absolute atomic E-state index is 12.1. The first kappa shape index (κ1) is 20.6. The second-order valence-corrected chi connectivity index (χ2v) is 5.71. The third-order valence-electron chi connectivity index (χ3n) is 3.69. The van der Waals surface area contributed by atoms with Crippen LogP contribution >= 0.6 is 0 Å². The molecule has 9 nitrogen and oxygen atoms in total. The lowest BCUT2D eigenvalue weighted by atomic mass is 10.1. The van der Waals surface area contributed by atoms with Gasteiger partial charge < -0.3 is 10.1 Å². The van der Waals surface area contributed by atoms with Crippen molar-refractivity contribution in [1.82, 2.24) is 10.7 Å². The molecule has 2 amide bonds. The van der Waals surface area contributed by atoms with Gasteiger partial charge in [-0.3, -0.25) is 19.7 Å². The van der Waals surface area contributed by atoms with E-state index in [2.05, 4.69) is 15.8 Å². The molecule has 0 aliphatic carbocycles. The molecule has 2 aromatic carbocycles. The van der Waals surface area contributed by atoms with Crippen LogP contribution in [0, 0.1) is 17.0 Å². The van der Waals surface area contributed by atoms with Crippen LogP contribution < -0.4 is 15.5 Å². The standard InChI is InChI=1S/C19H20N4O5/c1-3-28-17-7-5-4-6-15(17)11-21-22-18(24)12-20-19(25)14-9-8-13(2)16(10-14)23(26)27/h4-11H,3,12H2,1-2H3,(H,20,25)(H,22,24)/b21-11+. The number of hydrogen-bond acceptors (Lipinski definition) is 6. The zero-order chi connectivity index (χ0) is 20.5. The van der Waals surface area contributed by atoms with Crippen molar-refractivity contribution >= 4 is 23.7 Å². The van der Waals surface area contributed by atoms with E-state index in [1.165, 1.54) is 24.4 Å². The van der Waals surface area contributed by atoms with Gasteiger partial charge in [-0.05, 0) is 32.0 Å². The average molecular weight is 384 g/mol. The van der Waals surface area contributed by atoms with Gasteiger partial charge in [-0.15, -0.1) is 0 Å². The van der Waals surface area contributed by atoms with Crippen LogP contribution in [0.15, 0.2) is 47.6 Å². The van der Waals surface area contributed by atoms with Gasteiger partial charge in [-0.2, -0.15) is 5.10 Å². The Morgan fingerprint density at radius 3 is 2.71 bits per heavy atom. The fourth-order valence-corrected chi connectivity index (χ4v) is 2.30. The van der Waals surface area contributed by atoms with Gasteiger partial charge in [-0.25, -0.2) is 5.43 Å². The van der Waals surface area contributed by atoms with Crippen LogP contribution in [0.5, 0.6) is 5.75 Å². The fourth-order valence-electron chi connectivity index (χ4n) is 2.30. The van der Waals surface area contributed by atoms with Gasteiger partial charge >= 0.3 is 0 Å². The van der Waals surface area contributed by atoms with Crippen molar-refractivity contribution in [3.05, 3.63) is 69.3 Å². The van der Waals surface area contributed by atoms with Crippen molar-refractivity contribution in [2.75, 3.05) is 13.2 Å². The molecule has 0 fully saturated rings. The highest BCUT2D eigenvalue weighted by atomic mass is 16.6. The number of carbonyl (C=O) groups is 2. The first-order valence-corrected chi connectivity index (χ1v) is 8.49. The Balaban J connectivity index is 1.90. The van der Waals surface area contributed by atoms with E-state index in [9.17, 15) is 19.7 Å². The molecule has 0 radical (unpaired) electrons.